The second kappa shape index (κ2) is 8.39. The first-order valence-corrected chi connectivity index (χ1v) is 9.02. The zero-order chi connectivity index (χ0) is 19.4. The van der Waals surface area contributed by atoms with Gasteiger partial charge in [0.2, 0.25) is 5.91 Å². The zero-order valence-corrected chi connectivity index (χ0v) is 15.9. The fourth-order valence-corrected chi connectivity index (χ4v) is 3.27. The van der Waals surface area contributed by atoms with Gasteiger partial charge in [0.05, 0.1) is 13.2 Å². The van der Waals surface area contributed by atoms with E-state index in [1.807, 2.05) is 32.2 Å². The van der Waals surface area contributed by atoms with Crippen molar-refractivity contribution in [2.45, 2.75) is 26.1 Å². The third-order valence-corrected chi connectivity index (χ3v) is 4.99. The van der Waals surface area contributed by atoms with Crippen molar-refractivity contribution in [3.8, 4) is 11.5 Å². The number of hydrogen-bond acceptors (Lipinski definition) is 4. The van der Waals surface area contributed by atoms with E-state index in [2.05, 4.69) is 4.90 Å². The predicted molar refractivity (Wildman–Crippen MR) is 101 cm³/mol. The maximum absolute atomic E-state index is 13.9. The summed E-state index contributed by atoms with van der Waals surface area (Å²) >= 11 is 0. The predicted octanol–water partition coefficient (Wildman–Crippen LogP) is 3.08. The van der Waals surface area contributed by atoms with Crippen LogP contribution in [0.3, 0.4) is 0 Å². The van der Waals surface area contributed by atoms with Crippen LogP contribution in [-0.4, -0.2) is 49.0 Å². The SMILES string of the molecule is COc1cccc(CN2CCN(C)C(=O)[C@H]2C)c1OCc1ccccc1F. The number of carbonyl (C=O) groups excluding carboxylic acids is 1. The first kappa shape index (κ1) is 19.2. The molecule has 1 heterocycles. The Morgan fingerprint density at radius 1 is 1.11 bits per heavy atom. The molecule has 27 heavy (non-hydrogen) atoms. The van der Waals surface area contributed by atoms with E-state index >= 15 is 0 Å². The standard InChI is InChI=1S/C21H25FN2O3/c1-15-21(25)23(2)11-12-24(15)13-16-8-6-10-19(26-3)20(16)27-14-17-7-4-5-9-18(17)22/h4-10,15H,11-14H2,1-3H3/t15-/m1/s1. The lowest BCUT2D eigenvalue weighted by Crippen LogP contribution is -2.53. The van der Waals surface area contributed by atoms with Crippen molar-refractivity contribution in [1.29, 1.82) is 0 Å². The molecule has 0 N–H and O–H groups in total. The van der Waals surface area contributed by atoms with Crippen LogP contribution in [0.2, 0.25) is 0 Å². The van der Waals surface area contributed by atoms with Crippen LogP contribution in [0.15, 0.2) is 42.5 Å². The fraction of sp³-hybridized carbons (Fsp3) is 0.381. The van der Waals surface area contributed by atoms with E-state index < -0.39 is 0 Å². The number of amides is 1. The molecule has 0 aliphatic carbocycles. The minimum atomic E-state index is -0.299. The third-order valence-electron chi connectivity index (χ3n) is 4.99. The molecule has 3 rings (SSSR count). The largest absolute Gasteiger partial charge is 0.493 e. The molecule has 1 aliphatic heterocycles. The van der Waals surface area contributed by atoms with Crippen LogP contribution < -0.4 is 9.47 Å². The van der Waals surface area contributed by atoms with Crippen LogP contribution >= 0.6 is 0 Å². The molecule has 1 atom stereocenters. The number of methoxy groups -OCH3 is 1. The molecule has 1 amide bonds. The van der Waals surface area contributed by atoms with Gasteiger partial charge in [0.15, 0.2) is 11.5 Å². The average Bonchev–Trinajstić information content (AvgIpc) is 2.68. The Balaban J connectivity index is 1.81. The van der Waals surface area contributed by atoms with Gasteiger partial charge in [-0.15, -0.1) is 0 Å². The van der Waals surface area contributed by atoms with Crippen molar-refractivity contribution in [2.24, 2.45) is 0 Å². The maximum atomic E-state index is 13.9. The topological polar surface area (TPSA) is 42.0 Å². The normalized spacial score (nSPS) is 17.9. The van der Waals surface area contributed by atoms with E-state index in [1.165, 1.54) is 6.07 Å². The smallest absolute Gasteiger partial charge is 0.239 e. The van der Waals surface area contributed by atoms with Gasteiger partial charge in [0, 0.05) is 37.8 Å². The number of hydrogen-bond donors (Lipinski definition) is 0. The quantitative estimate of drug-likeness (QED) is 0.782. The average molecular weight is 372 g/mol. The zero-order valence-electron chi connectivity index (χ0n) is 15.9. The molecule has 0 aromatic heterocycles. The van der Waals surface area contributed by atoms with Crippen molar-refractivity contribution in [2.75, 3.05) is 27.2 Å². The summed E-state index contributed by atoms with van der Waals surface area (Å²) in [6, 6.07) is 12.0. The molecule has 1 aliphatic rings. The summed E-state index contributed by atoms with van der Waals surface area (Å²) in [5.41, 5.74) is 1.40. The van der Waals surface area contributed by atoms with Crippen LogP contribution in [0.25, 0.3) is 0 Å². The monoisotopic (exact) mass is 372 g/mol. The molecular formula is C21H25FN2O3. The Hall–Kier alpha value is -2.60. The molecule has 1 saturated heterocycles. The number of piperazine rings is 1. The molecule has 0 spiro atoms. The first-order chi connectivity index (χ1) is 13.0. The second-order valence-electron chi connectivity index (χ2n) is 6.73. The highest BCUT2D eigenvalue weighted by atomic mass is 19.1. The van der Waals surface area contributed by atoms with Gasteiger partial charge in [0.25, 0.3) is 0 Å². The number of likely N-dealkylation sites (N-methyl/N-ethyl adjacent to an activating group) is 1. The maximum Gasteiger partial charge on any atom is 0.239 e. The Bertz CT molecular complexity index is 812. The molecule has 0 radical (unpaired) electrons. The Labute approximate surface area is 159 Å². The van der Waals surface area contributed by atoms with Crippen LogP contribution in [0, 0.1) is 5.82 Å². The summed E-state index contributed by atoms with van der Waals surface area (Å²) in [7, 11) is 3.40. The van der Waals surface area contributed by atoms with E-state index in [1.54, 1.807) is 30.2 Å². The number of para-hydroxylation sites is 1. The Morgan fingerprint density at radius 2 is 1.85 bits per heavy atom. The first-order valence-electron chi connectivity index (χ1n) is 9.02. The van der Waals surface area contributed by atoms with Gasteiger partial charge < -0.3 is 14.4 Å². The number of rotatable bonds is 6. The van der Waals surface area contributed by atoms with Gasteiger partial charge in [-0.3, -0.25) is 9.69 Å². The minimum Gasteiger partial charge on any atom is -0.493 e. The van der Waals surface area contributed by atoms with Crippen LogP contribution in [-0.2, 0) is 17.9 Å². The number of ether oxygens (including phenoxy) is 2. The highest BCUT2D eigenvalue weighted by molar-refractivity contribution is 5.82. The highest BCUT2D eigenvalue weighted by Gasteiger charge is 2.30. The van der Waals surface area contributed by atoms with Crippen molar-refractivity contribution in [3.05, 3.63) is 59.4 Å². The van der Waals surface area contributed by atoms with Gasteiger partial charge in [-0.25, -0.2) is 4.39 Å². The van der Waals surface area contributed by atoms with E-state index in [0.29, 0.717) is 30.2 Å². The number of benzene rings is 2. The molecule has 0 unspecified atom stereocenters. The summed E-state index contributed by atoms with van der Waals surface area (Å²) < 4.78 is 25.3. The second-order valence-corrected chi connectivity index (χ2v) is 6.73. The van der Waals surface area contributed by atoms with Crippen molar-refractivity contribution >= 4 is 5.91 Å². The fourth-order valence-electron chi connectivity index (χ4n) is 3.27. The molecule has 2 aromatic rings. The number of nitrogens with zero attached hydrogens (tertiary/aromatic N) is 2. The molecule has 1 fully saturated rings. The summed E-state index contributed by atoms with van der Waals surface area (Å²) in [5, 5.41) is 0. The van der Waals surface area contributed by atoms with Crippen LogP contribution in [0.5, 0.6) is 11.5 Å². The lowest BCUT2D eigenvalue weighted by Gasteiger charge is -2.37. The number of halogens is 1. The lowest BCUT2D eigenvalue weighted by atomic mass is 10.1. The lowest BCUT2D eigenvalue weighted by molar-refractivity contribution is -0.139. The minimum absolute atomic E-state index is 0.108. The van der Waals surface area contributed by atoms with E-state index in [9.17, 15) is 9.18 Å². The van der Waals surface area contributed by atoms with E-state index in [-0.39, 0.29) is 24.4 Å². The summed E-state index contributed by atoms with van der Waals surface area (Å²) in [6.07, 6.45) is 0. The highest BCUT2D eigenvalue weighted by Crippen LogP contribution is 2.33. The van der Waals surface area contributed by atoms with E-state index in [4.69, 9.17) is 9.47 Å². The van der Waals surface area contributed by atoms with E-state index in [0.717, 1.165) is 12.1 Å². The number of carbonyl (C=O) groups is 1. The molecule has 0 saturated carbocycles. The molecule has 2 aromatic carbocycles. The van der Waals surface area contributed by atoms with Gasteiger partial charge in [-0.2, -0.15) is 0 Å². The van der Waals surface area contributed by atoms with Crippen molar-refractivity contribution in [3.63, 3.8) is 0 Å². The molecule has 144 valence electrons. The Morgan fingerprint density at radius 3 is 2.59 bits per heavy atom. The summed E-state index contributed by atoms with van der Waals surface area (Å²) in [5.74, 6) is 0.990. The summed E-state index contributed by atoms with van der Waals surface area (Å²) in [4.78, 5) is 16.1. The van der Waals surface area contributed by atoms with Crippen molar-refractivity contribution < 1.29 is 18.7 Å². The van der Waals surface area contributed by atoms with Gasteiger partial charge >= 0.3 is 0 Å². The summed E-state index contributed by atoms with van der Waals surface area (Å²) in [6.45, 7) is 4.06. The molecular weight excluding hydrogens is 347 g/mol. The van der Waals surface area contributed by atoms with Gasteiger partial charge in [0.1, 0.15) is 12.4 Å². The van der Waals surface area contributed by atoms with Crippen LogP contribution in [0.1, 0.15) is 18.1 Å². The molecule has 5 nitrogen and oxygen atoms in total. The van der Waals surface area contributed by atoms with Crippen molar-refractivity contribution in [1.82, 2.24) is 9.80 Å². The van der Waals surface area contributed by atoms with Crippen LogP contribution in [0.4, 0.5) is 4.39 Å². The Kier molecular flexibility index (Phi) is 5.96. The van der Waals surface area contributed by atoms with Gasteiger partial charge in [-0.05, 0) is 19.1 Å². The molecule has 0 bridgehead atoms. The molecule has 6 heteroatoms. The van der Waals surface area contributed by atoms with Gasteiger partial charge in [-0.1, -0.05) is 30.3 Å². The third kappa shape index (κ3) is 4.22.